The summed E-state index contributed by atoms with van der Waals surface area (Å²) in [6.45, 7) is 2.04. The van der Waals surface area contributed by atoms with E-state index in [2.05, 4.69) is 10.3 Å². The summed E-state index contributed by atoms with van der Waals surface area (Å²) in [7, 11) is 0. The zero-order chi connectivity index (χ0) is 23.4. The van der Waals surface area contributed by atoms with Crippen LogP contribution < -0.4 is 14.8 Å². The highest BCUT2D eigenvalue weighted by Gasteiger charge is 2.49. The summed E-state index contributed by atoms with van der Waals surface area (Å²) in [6, 6.07) is 11.2. The van der Waals surface area contributed by atoms with Crippen LogP contribution in [0.15, 0.2) is 42.5 Å². The van der Waals surface area contributed by atoms with Crippen molar-refractivity contribution in [3.8, 4) is 11.5 Å². The van der Waals surface area contributed by atoms with E-state index in [4.69, 9.17) is 14.2 Å². The lowest BCUT2D eigenvalue weighted by atomic mass is 9.85. The number of fused-ring (bicyclic) bond motifs is 5. The first-order chi connectivity index (χ1) is 16.5. The molecule has 0 saturated carbocycles. The van der Waals surface area contributed by atoms with Gasteiger partial charge in [0.1, 0.15) is 12.1 Å². The molecule has 9 nitrogen and oxygen atoms in total. The molecule has 0 spiro atoms. The Morgan fingerprint density at radius 3 is 2.82 bits per heavy atom. The van der Waals surface area contributed by atoms with Crippen LogP contribution in [0.1, 0.15) is 36.2 Å². The summed E-state index contributed by atoms with van der Waals surface area (Å²) in [4.78, 5) is 44.2. The number of hydrogen-bond donors (Lipinski definition) is 2. The number of nitrogens with one attached hydrogen (secondary N) is 2. The molecule has 1 aromatic heterocycles. The molecular formula is C25H23N3O6. The number of benzene rings is 2. The average molecular weight is 461 g/mol. The van der Waals surface area contributed by atoms with Gasteiger partial charge in [0.25, 0.3) is 0 Å². The van der Waals surface area contributed by atoms with Crippen LogP contribution in [0, 0.1) is 0 Å². The molecule has 2 amide bonds. The normalized spacial score (nSPS) is 22.9. The topological polar surface area (TPSA) is 110 Å². The van der Waals surface area contributed by atoms with Crippen LogP contribution in [-0.4, -0.2) is 53.2 Å². The summed E-state index contributed by atoms with van der Waals surface area (Å²) < 4.78 is 16.1. The van der Waals surface area contributed by atoms with Gasteiger partial charge in [-0.2, -0.15) is 0 Å². The number of ether oxygens (including phenoxy) is 3. The zero-order valence-corrected chi connectivity index (χ0v) is 18.5. The van der Waals surface area contributed by atoms with Crippen molar-refractivity contribution in [2.45, 2.75) is 37.9 Å². The van der Waals surface area contributed by atoms with E-state index in [1.54, 1.807) is 11.8 Å². The lowest BCUT2D eigenvalue weighted by Gasteiger charge is -2.46. The highest BCUT2D eigenvalue weighted by Crippen LogP contribution is 2.44. The molecule has 34 heavy (non-hydrogen) atoms. The smallest absolute Gasteiger partial charge is 0.308 e. The van der Waals surface area contributed by atoms with Crippen LogP contribution in [0.4, 0.5) is 0 Å². The number of carbonyl (C=O) groups excluding carboxylic acids is 3. The molecule has 0 radical (unpaired) electrons. The summed E-state index contributed by atoms with van der Waals surface area (Å²) in [5, 5.41) is 3.78. The van der Waals surface area contributed by atoms with E-state index >= 15 is 0 Å². The first kappa shape index (κ1) is 20.6. The minimum atomic E-state index is -0.981. The molecule has 2 aromatic carbocycles. The van der Waals surface area contributed by atoms with Gasteiger partial charge in [-0.25, -0.2) is 0 Å². The molecule has 0 unspecified atom stereocenters. The number of rotatable bonds is 4. The number of carbonyl (C=O) groups is 3. The molecule has 0 aliphatic carbocycles. The Morgan fingerprint density at radius 2 is 1.97 bits per heavy atom. The molecule has 4 heterocycles. The second-order valence-electron chi connectivity index (χ2n) is 8.61. The van der Waals surface area contributed by atoms with Gasteiger partial charge in [0, 0.05) is 23.0 Å². The maximum Gasteiger partial charge on any atom is 0.308 e. The summed E-state index contributed by atoms with van der Waals surface area (Å²) in [5.41, 5.74) is 3.59. The third-order valence-corrected chi connectivity index (χ3v) is 6.69. The largest absolute Gasteiger partial charge is 0.466 e. The van der Waals surface area contributed by atoms with Crippen molar-refractivity contribution >= 4 is 28.7 Å². The molecule has 3 aromatic rings. The predicted octanol–water partition coefficient (Wildman–Crippen LogP) is 2.19. The van der Waals surface area contributed by atoms with Crippen LogP contribution in [0.2, 0.25) is 0 Å². The highest BCUT2D eigenvalue weighted by atomic mass is 16.7. The maximum absolute atomic E-state index is 13.7. The van der Waals surface area contributed by atoms with Gasteiger partial charge in [0.2, 0.25) is 18.6 Å². The van der Waals surface area contributed by atoms with Crippen LogP contribution in [-0.2, 0) is 25.5 Å². The number of hydrogen-bond acceptors (Lipinski definition) is 6. The lowest BCUT2D eigenvalue weighted by molar-refractivity contribution is -0.156. The second kappa shape index (κ2) is 7.79. The first-order valence-electron chi connectivity index (χ1n) is 11.3. The number of para-hydroxylation sites is 1. The van der Waals surface area contributed by atoms with Crippen LogP contribution in [0.3, 0.4) is 0 Å². The van der Waals surface area contributed by atoms with Crippen molar-refractivity contribution in [1.82, 2.24) is 15.2 Å². The van der Waals surface area contributed by atoms with Gasteiger partial charge in [-0.05, 0) is 36.2 Å². The van der Waals surface area contributed by atoms with Gasteiger partial charge in [0.05, 0.1) is 19.1 Å². The molecule has 6 rings (SSSR count). The van der Waals surface area contributed by atoms with E-state index in [1.165, 1.54) is 0 Å². The molecule has 1 fully saturated rings. The van der Waals surface area contributed by atoms with Gasteiger partial charge >= 0.3 is 5.97 Å². The molecule has 174 valence electrons. The monoisotopic (exact) mass is 461 g/mol. The van der Waals surface area contributed by atoms with E-state index in [0.717, 1.165) is 27.7 Å². The quantitative estimate of drug-likeness (QED) is 0.577. The fourth-order valence-electron chi connectivity index (χ4n) is 5.23. The second-order valence-corrected chi connectivity index (χ2v) is 8.61. The number of piperazine rings is 1. The standard InChI is InChI=1S/C25H23N3O6/c1-2-32-21(29)11-17-25(31)28-18(24(30)27-17)10-15-14-5-3-4-6-16(14)26-22(15)23(28)13-7-8-19-20(9-13)34-12-33-19/h3-9,17-18,23,26H,2,10-12H2,1H3,(H,27,30)/t17-,18+,23+/m0/s1. The zero-order valence-electron chi connectivity index (χ0n) is 18.5. The molecule has 0 bridgehead atoms. The highest BCUT2D eigenvalue weighted by molar-refractivity contribution is 6.00. The maximum atomic E-state index is 13.7. The Kier molecular flexibility index (Phi) is 4.72. The van der Waals surface area contributed by atoms with Crippen molar-refractivity contribution in [3.05, 3.63) is 59.3 Å². The number of aromatic amines is 1. The lowest BCUT2D eigenvalue weighted by Crippen LogP contribution is -2.66. The Hall–Kier alpha value is -4.01. The Morgan fingerprint density at radius 1 is 1.15 bits per heavy atom. The third kappa shape index (κ3) is 3.11. The van der Waals surface area contributed by atoms with Gasteiger partial charge in [-0.15, -0.1) is 0 Å². The van der Waals surface area contributed by atoms with E-state index in [-0.39, 0.29) is 31.6 Å². The van der Waals surface area contributed by atoms with E-state index in [1.807, 2.05) is 42.5 Å². The van der Waals surface area contributed by atoms with Gasteiger partial charge < -0.3 is 29.4 Å². The number of esters is 1. The minimum absolute atomic E-state index is 0.135. The number of H-pyrrole nitrogens is 1. The average Bonchev–Trinajstić information content (AvgIpc) is 3.45. The molecule has 3 atom stereocenters. The number of nitrogens with zero attached hydrogens (tertiary/aromatic N) is 1. The molecule has 1 saturated heterocycles. The van der Waals surface area contributed by atoms with Crippen molar-refractivity contribution in [1.29, 1.82) is 0 Å². The van der Waals surface area contributed by atoms with E-state index in [0.29, 0.717) is 17.9 Å². The van der Waals surface area contributed by atoms with E-state index < -0.39 is 24.1 Å². The fraction of sp³-hybridized carbons (Fsp3) is 0.320. The molecule has 9 heteroatoms. The van der Waals surface area contributed by atoms with E-state index in [9.17, 15) is 14.4 Å². The Balaban J connectivity index is 1.49. The van der Waals surface area contributed by atoms with Gasteiger partial charge in [-0.1, -0.05) is 24.3 Å². The molecule has 3 aliphatic rings. The van der Waals surface area contributed by atoms with Gasteiger partial charge in [0.15, 0.2) is 11.5 Å². The Labute approximate surface area is 195 Å². The van der Waals surface area contributed by atoms with Crippen molar-refractivity contribution in [3.63, 3.8) is 0 Å². The molecule has 2 N–H and O–H groups in total. The van der Waals surface area contributed by atoms with Gasteiger partial charge in [-0.3, -0.25) is 14.4 Å². The predicted molar refractivity (Wildman–Crippen MR) is 120 cm³/mol. The number of amides is 2. The SMILES string of the molecule is CCOC(=O)C[C@@H]1NC(=O)[C@H]2Cc3c([nH]c4ccccc34)[C@@H](c3ccc4c(c3)OCO4)N2C1=O. The van der Waals surface area contributed by atoms with Crippen molar-refractivity contribution in [2.75, 3.05) is 13.4 Å². The van der Waals surface area contributed by atoms with Crippen LogP contribution in [0.5, 0.6) is 11.5 Å². The van der Waals surface area contributed by atoms with Crippen molar-refractivity contribution < 1.29 is 28.6 Å². The minimum Gasteiger partial charge on any atom is -0.466 e. The van der Waals surface area contributed by atoms with Crippen LogP contribution in [0.25, 0.3) is 10.9 Å². The number of aromatic nitrogens is 1. The molecule has 3 aliphatic heterocycles. The summed E-state index contributed by atoms with van der Waals surface area (Å²) in [6.07, 6.45) is 0.166. The fourth-order valence-corrected chi connectivity index (χ4v) is 5.23. The van der Waals surface area contributed by atoms with Crippen molar-refractivity contribution in [2.24, 2.45) is 0 Å². The summed E-state index contributed by atoms with van der Waals surface area (Å²) >= 11 is 0. The summed E-state index contributed by atoms with van der Waals surface area (Å²) in [5.74, 6) is 0.105. The third-order valence-electron chi connectivity index (χ3n) is 6.69. The first-order valence-corrected chi connectivity index (χ1v) is 11.3. The molecular weight excluding hydrogens is 438 g/mol. The van der Waals surface area contributed by atoms with Crippen LogP contribution >= 0.6 is 0 Å². The Bertz CT molecular complexity index is 1330.